The molecule has 0 saturated carbocycles. The Morgan fingerprint density at radius 1 is 1.21 bits per heavy atom. The van der Waals surface area contributed by atoms with E-state index in [0.29, 0.717) is 0 Å². The first-order valence-electron chi connectivity index (χ1n) is 6.70. The van der Waals surface area contributed by atoms with E-state index in [2.05, 4.69) is 31.4 Å². The number of benzene rings is 1. The van der Waals surface area contributed by atoms with Gasteiger partial charge < -0.3 is 15.4 Å². The standard InChI is InChI=1S/C15H25ClN2O/c1-15(2,3)18-9-5-8-17-11-12-10-13(16)6-7-14(12)19-4/h6-7,10,17-18H,5,8-9,11H2,1-4H3. The average Bonchev–Trinajstić information content (AvgIpc) is 2.32. The van der Waals surface area contributed by atoms with Crippen LogP contribution in [0.2, 0.25) is 5.02 Å². The van der Waals surface area contributed by atoms with Gasteiger partial charge in [-0.15, -0.1) is 0 Å². The van der Waals surface area contributed by atoms with Gasteiger partial charge in [0.1, 0.15) is 5.75 Å². The van der Waals surface area contributed by atoms with Crippen LogP contribution in [-0.2, 0) is 6.54 Å². The minimum Gasteiger partial charge on any atom is -0.496 e. The lowest BCUT2D eigenvalue weighted by atomic mass is 10.1. The summed E-state index contributed by atoms with van der Waals surface area (Å²) in [6, 6.07) is 5.69. The van der Waals surface area contributed by atoms with Crippen molar-refractivity contribution in [3.8, 4) is 5.75 Å². The Hall–Kier alpha value is -0.770. The van der Waals surface area contributed by atoms with Crippen molar-refractivity contribution < 1.29 is 4.74 Å². The third kappa shape index (κ3) is 6.81. The topological polar surface area (TPSA) is 33.3 Å². The largest absolute Gasteiger partial charge is 0.496 e. The molecule has 19 heavy (non-hydrogen) atoms. The Morgan fingerprint density at radius 3 is 2.58 bits per heavy atom. The fourth-order valence-corrected chi connectivity index (χ4v) is 1.98. The molecule has 3 nitrogen and oxygen atoms in total. The fraction of sp³-hybridized carbons (Fsp3) is 0.600. The number of hydrogen-bond acceptors (Lipinski definition) is 3. The molecule has 1 aromatic carbocycles. The third-order valence-corrected chi connectivity index (χ3v) is 2.98. The van der Waals surface area contributed by atoms with Crippen molar-refractivity contribution >= 4 is 11.6 Å². The summed E-state index contributed by atoms with van der Waals surface area (Å²) < 4.78 is 5.31. The van der Waals surface area contributed by atoms with Crippen LogP contribution in [0.1, 0.15) is 32.8 Å². The highest BCUT2D eigenvalue weighted by atomic mass is 35.5. The van der Waals surface area contributed by atoms with Gasteiger partial charge in [0, 0.05) is 22.7 Å². The Kier molecular flexibility index (Phi) is 6.63. The van der Waals surface area contributed by atoms with E-state index in [1.807, 2.05) is 18.2 Å². The van der Waals surface area contributed by atoms with Crippen molar-refractivity contribution in [3.05, 3.63) is 28.8 Å². The van der Waals surface area contributed by atoms with Crippen LogP contribution in [-0.4, -0.2) is 25.7 Å². The second-order valence-electron chi connectivity index (χ2n) is 5.66. The SMILES string of the molecule is COc1ccc(Cl)cc1CNCCCNC(C)(C)C. The lowest BCUT2D eigenvalue weighted by molar-refractivity contribution is 0.405. The van der Waals surface area contributed by atoms with Crippen LogP contribution >= 0.6 is 11.6 Å². The average molecular weight is 285 g/mol. The molecule has 0 fully saturated rings. The zero-order valence-electron chi connectivity index (χ0n) is 12.3. The number of nitrogens with one attached hydrogen (secondary N) is 2. The smallest absolute Gasteiger partial charge is 0.123 e. The summed E-state index contributed by atoms with van der Waals surface area (Å²) in [7, 11) is 1.68. The summed E-state index contributed by atoms with van der Waals surface area (Å²) in [6.45, 7) is 9.30. The summed E-state index contributed by atoms with van der Waals surface area (Å²) >= 11 is 5.99. The lowest BCUT2D eigenvalue weighted by Crippen LogP contribution is -2.37. The Bertz CT molecular complexity index is 388. The zero-order chi connectivity index (χ0) is 14.3. The summed E-state index contributed by atoms with van der Waals surface area (Å²) in [5, 5.41) is 7.62. The minimum atomic E-state index is 0.191. The van der Waals surface area contributed by atoms with E-state index >= 15 is 0 Å². The molecule has 0 aliphatic carbocycles. The highest BCUT2D eigenvalue weighted by Crippen LogP contribution is 2.22. The molecule has 0 amide bonds. The molecule has 0 saturated heterocycles. The minimum absolute atomic E-state index is 0.191. The molecule has 0 atom stereocenters. The molecular formula is C15H25ClN2O. The quantitative estimate of drug-likeness (QED) is 0.754. The molecule has 0 heterocycles. The van der Waals surface area contributed by atoms with Crippen molar-refractivity contribution in [2.75, 3.05) is 20.2 Å². The van der Waals surface area contributed by atoms with Gasteiger partial charge in [-0.2, -0.15) is 0 Å². The Labute approximate surface area is 121 Å². The highest BCUT2D eigenvalue weighted by Gasteiger charge is 2.07. The zero-order valence-corrected chi connectivity index (χ0v) is 13.1. The molecule has 0 aliphatic rings. The number of methoxy groups -OCH3 is 1. The molecule has 2 N–H and O–H groups in total. The molecule has 0 aromatic heterocycles. The van der Waals surface area contributed by atoms with Gasteiger partial charge >= 0.3 is 0 Å². The van der Waals surface area contributed by atoms with Gasteiger partial charge in [0.2, 0.25) is 0 Å². The molecule has 108 valence electrons. The van der Waals surface area contributed by atoms with Gasteiger partial charge in [0.15, 0.2) is 0 Å². The number of halogens is 1. The van der Waals surface area contributed by atoms with Crippen LogP contribution < -0.4 is 15.4 Å². The van der Waals surface area contributed by atoms with Crippen LogP contribution in [0.15, 0.2) is 18.2 Å². The monoisotopic (exact) mass is 284 g/mol. The van der Waals surface area contributed by atoms with E-state index in [9.17, 15) is 0 Å². The number of rotatable bonds is 7. The Balaban J connectivity index is 2.28. The molecule has 0 bridgehead atoms. The highest BCUT2D eigenvalue weighted by molar-refractivity contribution is 6.30. The van der Waals surface area contributed by atoms with E-state index in [4.69, 9.17) is 16.3 Å². The van der Waals surface area contributed by atoms with Gasteiger partial charge in [-0.05, 0) is 58.5 Å². The molecular weight excluding hydrogens is 260 g/mol. The van der Waals surface area contributed by atoms with Crippen molar-refractivity contribution in [3.63, 3.8) is 0 Å². The summed E-state index contributed by atoms with van der Waals surface area (Å²) in [4.78, 5) is 0. The van der Waals surface area contributed by atoms with Crippen LogP contribution in [0.4, 0.5) is 0 Å². The van der Waals surface area contributed by atoms with Crippen LogP contribution in [0, 0.1) is 0 Å². The third-order valence-electron chi connectivity index (χ3n) is 2.74. The van der Waals surface area contributed by atoms with Gasteiger partial charge in [-0.3, -0.25) is 0 Å². The predicted molar refractivity (Wildman–Crippen MR) is 82.1 cm³/mol. The van der Waals surface area contributed by atoms with Crippen molar-refractivity contribution in [2.24, 2.45) is 0 Å². The molecule has 0 radical (unpaired) electrons. The number of hydrogen-bond donors (Lipinski definition) is 2. The molecule has 0 spiro atoms. The van der Waals surface area contributed by atoms with E-state index in [1.165, 1.54) is 0 Å². The van der Waals surface area contributed by atoms with Gasteiger partial charge in [0.25, 0.3) is 0 Å². The van der Waals surface area contributed by atoms with E-state index in [0.717, 1.165) is 42.4 Å². The number of ether oxygens (including phenoxy) is 1. The van der Waals surface area contributed by atoms with Gasteiger partial charge in [-0.1, -0.05) is 11.6 Å². The molecule has 1 rings (SSSR count). The maximum Gasteiger partial charge on any atom is 0.123 e. The Morgan fingerprint density at radius 2 is 1.95 bits per heavy atom. The van der Waals surface area contributed by atoms with Gasteiger partial charge in [-0.25, -0.2) is 0 Å². The normalized spacial score (nSPS) is 11.6. The summed E-state index contributed by atoms with van der Waals surface area (Å²) in [5.74, 6) is 0.879. The maximum absolute atomic E-state index is 5.99. The van der Waals surface area contributed by atoms with Crippen LogP contribution in [0.25, 0.3) is 0 Å². The summed E-state index contributed by atoms with van der Waals surface area (Å²) in [5.41, 5.74) is 1.29. The van der Waals surface area contributed by atoms with E-state index in [1.54, 1.807) is 7.11 Å². The first-order chi connectivity index (χ1) is 8.92. The van der Waals surface area contributed by atoms with Crippen LogP contribution in [0.3, 0.4) is 0 Å². The first-order valence-corrected chi connectivity index (χ1v) is 7.08. The van der Waals surface area contributed by atoms with E-state index in [-0.39, 0.29) is 5.54 Å². The maximum atomic E-state index is 5.99. The fourth-order valence-electron chi connectivity index (χ4n) is 1.79. The van der Waals surface area contributed by atoms with Crippen molar-refractivity contribution in [1.29, 1.82) is 0 Å². The lowest BCUT2D eigenvalue weighted by Gasteiger charge is -2.20. The van der Waals surface area contributed by atoms with Gasteiger partial charge in [0.05, 0.1) is 7.11 Å². The van der Waals surface area contributed by atoms with Crippen LogP contribution in [0.5, 0.6) is 5.75 Å². The van der Waals surface area contributed by atoms with E-state index < -0.39 is 0 Å². The van der Waals surface area contributed by atoms with Crippen molar-refractivity contribution in [2.45, 2.75) is 39.3 Å². The first kappa shape index (κ1) is 16.3. The second kappa shape index (κ2) is 7.73. The second-order valence-corrected chi connectivity index (χ2v) is 6.10. The summed E-state index contributed by atoms with van der Waals surface area (Å²) in [6.07, 6.45) is 1.10. The molecule has 0 unspecified atom stereocenters. The predicted octanol–water partition coefficient (Wildman–Crippen LogP) is 3.22. The molecule has 0 aliphatic heterocycles. The van der Waals surface area contributed by atoms with Crippen molar-refractivity contribution in [1.82, 2.24) is 10.6 Å². The molecule has 1 aromatic rings. The molecule has 4 heteroatoms.